The van der Waals surface area contributed by atoms with Gasteiger partial charge in [0.2, 0.25) is 0 Å². The highest BCUT2D eigenvalue weighted by Crippen LogP contribution is 2.49. The summed E-state index contributed by atoms with van der Waals surface area (Å²) in [4.78, 5) is 36.4. The third-order valence-electron chi connectivity index (χ3n) is 13.8. The molecule has 3 aromatic carbocycles. The smallest absolute Gasteiger partial charge is 0.293 e. The molecule has 352 valence electrons. The van der Waals surface area contributed by atoms with Crippen LogP contribution in [0.2, 0.25) is 10.0 Å². The van der Waals surface area contributed by atoms with Gasteiger partial charge < -0.3 is 30.3 Å². The van der Waals surface area contributed by atoms with E-state index in [-0.39, 0.29) is 39.5 Å². The lowest BCUT2D eigenvalue weighted by Crippen LogP contribution is -2.48. The zero-order valence-corrected chi connectivity index (χ0v) is 39.8. The van der Waals surface area contributed by atoms with Gasteiger partial charge in [-0.1, -0.05) is 40.9 Å². The highest BCUT2D eigenvalue weighted by molar-refractivity contribution is 7.90. The van der Waals surface area contributed by atoms with E-state index in [4.69, 9.17) is 38.4 Å². The van der Waals surface area contributed by atoms with Crippen LogP contribution in [0.1, 0.15) is 74.7 Å². The van der Waals surface area contributed by atoms with Gasteiger partial charge in [0.25, 0.3) is 21.6 Å². The number of carbonyl (C=O) groups excluding carboxylic acids is 1. The zero-order valence-electron chi connectivity index (χ0n) is 37.4. The number of nitrogens with zero attached hydrogens (tertiary/aromatic N) is 5. The molecule has 0 unspecified atom stereocenters. The number of anilines is 3. The van der Waals surface area contributed by atoms with E-state index in [1.54, 1.807) is 12.1 Å². The summed E-state index contributed by atoms with van der Waals surface area (Å²) in [7, 11) is -4.59. The van der Waals surface area contributed by atoms with Gasteiger partial charge in [-0.25, -0.2) is 18.1 Å². The predicted molar refractivity (Wildman–Crippen MR) is 259 cm³/mol. The van der Waals surface area contributed by atoms with Gasteiger partial charge in [0.15, 0.2) is 0 Å². The van der Waals surface area contributed by atoms with Gasteiger partial charge in [0.05, 0.1) is 26.6 Å². The maximum Gasteiger partial charge on any atom is 0.293 e. The molecule has 1 aromatic heterocycles. The molecule has 3 aliphatic heterocycles. The number of piperazine rings is 1. The Balaban J connectivity index is 0.990. The van der Waals surface area contributed by atoms with E-state index >= 15 is 0 Å². The highest BCUT2D eigenvalue weighted by Gasteiger charge is 2.39. The van der Waals surface area contributed by atoms with E-state index in [2.05, 4.69) is 55.7 Å². The molecule has 4 aliphatic rings. The number of likely N-dealkylation sites (tertiary alicyclic amines) is 1. The molecule has 8 rings (SSSR count). The molecule has 0 radical (unpaired) electrons. The number of nitrogens with one attached hydrogen (secondary N) is 2. The molecule has 66 heavy (non-hydrogen) atoms. The van der Waals surface area contributed by atoms with Gasteiger partial charge in [-0.05, 0) is 131 Å². The minimum absolute atomic E-state index is 0.0534. The maximum atomic E-state index is 13.9. The second kappa shape index (κ2) is 20.5. The minimum Gasteiger partial charge on any atom is -0.455 e. The molecule has 1 spiro atoms. The van der Waals surface area contributed by atoms with Crippen LogP contribution < -0.4 is 25.4 Å². The first-order valence-corrected chi connectivity index (χ1v) is 25.0. The molecular weight excluding hydrogens is 904 g/mol. The number of nitro groups is 1. The second-order valence-corrected chi connectivity index (χ2v) is 20.8. The first kappa shape index (κ1) is 47.5. The summed E-state index contributed by atoms with van der Waals surface area (Å²) >= 11 is 12.6. The Bertz CT molecular complexity index is 2560. The average Bonchev–Trinajstić information content (AvgIpc) is 3.30. The number of aromatic nitrogens is 1. The Morgan fingerprint density at radius 1 is 0.985 bits per heavy atom. The number of piperidine rings is 1. The Kier molecular flexibility index (Phi) is 14.8. The molecule has 18 heteroatoms. The van der Waals surface area contributed by atoms with E-state index in [1.807, 2.05) is 12.1 Å². The van der Waals surface area contributed by atoms with Crippen molar-refractivity contribution in [1.29, 1.82) is 0 Å². The van der Waals surface area contributed by atoms with Crippen molar-refractivity contribution >= 4 is 67.6 Å². The van der Waals surface area contributed by atoms with Gasteiger partial charge in [-0.15, -0.1) is 0 Å². The van der Waals surface area contributed by atoms with Crippen molar-refractivity contribution in [3.05, 3.63) is 110 Å². The highest BCUT2D eigenvalue weighted by atomic mass is 35.5. The fraction of sp³-hybridized carbons (Fsp3) is 0.458. The molecule has 4 heterocycles. The van der Waals surface area contributed by atoms with Crippen molar-refractivity contribution in [2.45, 2.75) is 69.7 Å². The number of allylic oxidation sites excluding steroid dienone is 1. The Morgan fingerprint density at radius 2 is 1.71 bits per heavy atom. The minimum atomic E-state index is -4.59. The average molecular weight is 962 g/mol. The van der Waals surface area contributed by atoms with Gasteiger partial charge >= 0.3 is 0 Å². The number of hydrogen-bond donors (Lipinski definition) is 3. The van der Waals surface area contributed by atoms with Gasteiger partial charge in [-0.2, -0.15) is 0 Å². The van der Waals surface area contributed by atoms with E-state index in [0.29, 0.717) is 44.3 Å². The topological polar surface area (TPSA) is 186 Å². The number of nitrogen functional groups attached to an aromatic ring is 1. The maximum absolute atomic E-state index is 13.9. The molecular formula is C48H58Cl2N8O7S. The molecule has 15 nitrogen and oxygen atoms in total. The standard InChI is InChI=1S/C48H58Cl2N8O7S/c1-32(2)56-17-15-48(16-18-56)14-11-40(34-3-5-36(49)6-4-34)35(28-48)31-55-19-21-57(22-20-55)37-7-9-41(45(25-37)65-38-26-42(50)46(51)53-30-38)47(59)54-66(62,63)39-8-10-43(44(27-39)58(60)61)52-29-33-12-23-64-24-13-33/h3-10,25-27,30,32-33,52H,11-24,28-29,31H2,1-2H3,(H2,51,53)(H,54,59). The number of benzene rings is 3. The fourth-order valence-corrected chi connectivity index (χ4v) is 11.0. The molecule has 3 fully saturated rings. The van der Waals surface area contributed by atoms with E-state index in [1.165, 1.54) is 66.4 Å². The second-order valence-electron chi connectivity index (χ2n) is 18.3. The molecule has 4 N–H and O–H groups in total. The van der Waals surface area contributed by atoms with Crippen LogP contribution in [0.5, 0.6) is 11.5 Å². The molecule has 3 saturated heterocycles. The number of ether oxygens (including phenoxy) is 2. The number of sulfonamides is 1. The summed E-state index contributed by atoms with van der Waals surface area (Å²) in [6.07, 6.45) is 8.76. The molecule has 0 atom stereocenters. The van der Waals surface area contributed by atoms with Crippen LogP contribution in [-0.2, 0) is 14.8 Å². The summed E-state index contributed by atoms with van der Waals surface area (Å²) in [5.74, 6) is -0.409. The summed E-state index contributed by atoms with van der Waals surface area (Å²) < 4.78 is 41.1. The van der Waals surface area contributed by atoms with Crippen molar-refractivity contribution in [2.24, 2.45) is 11.3 Å². The number of amides is 1. The lowest BCUT2D eigenvalue weighted by molar-refractivity contribution is -0.384. The van der Waals surface area contributed by atoms with Crippen LogP contribution in [-0.4, -0.2) is 106 Å². The summed E-state index contributed by atoms with van der Waals surface area (Å²) in [6.45, 7) is 12.4. The number of carbonyl (C=O) groups is 1. The number of nitro benzene ring substituents is 1. The third-order valence-corrected chi connectivity index (χ3v) is 15.6. The predicted octanol–water partition coefficient (Wildman–Crippen LogP) is 8.88. The summed E-state index contributed by atoms with van der Waals surface area (Å²) in [5, 5.41) is 16.1. The fourth-order valence-electron chi connectivity index (χ4n) is 9.75. The van der Waals surface area contributed by atoms with Crippen LogP contribution in [0, 0.1) is 21.4 Å². The normalized spacial score (nSPS) is 18.7. The lowest BCUT2D eigenvalue weighted by Gasteiger charge is -2.47. The molecule has 1 amide bonds. The number of rotatable bonds is 14. The number of hydrogen-bond acceptors (Lipinski definition) is 13. The number of pyridine rings is 1. The SMILES string of the molecule is CC(C)N1CCC2(CCC(c3ccc(Cl)cc3)=C(CN3CCN(c4ccc(C(=O)NS(=O)(=O)c5ccc(NCC6CCOCC6)c([N+](=O)[O-])c5)c(Oc5cnc(N)c(Cl)c5)c4)CC3)C2)CC1. The van der Waals surface area contributed by atoms with Crippen molar-refractivity contribution in [2.75, 3.05) is 81.5 Å². The third kappa shape index (κ3) is 11.2. The van der Waals surface area contributed by atoms with Crippen LogP contribution in [0.4, 0.5) is 22.9 Å². The Morgan fingerprint density at radius 3 is 2.39 bits per heavy atom. The van der Waals surface area contributed by atoms with Crippen LogP contribution in [0.3, 0.4) is 0 Å². The van der Waals surface area contributed by atoms with Crippen molar-refractivity contribution < 1.29 is 27.6 Å². The first-order chi connectivity index (χ1) is 31.6. The molecule has 0 saturated carbocycles. The van der Waals surface area contributed by atoms with E-state index in [9.17, 15) is 23.3 Å². The van der Waals surface area contributed by atoms with E-state index < -0.39 is 31.4 Å². The largest absolute Gasteiger partial charge is 0.455 e. The first-order valence-electron chi connectivity index (χ1n) is 22.7. The van der Waals surface area contributed by atoms with Crippen molar-refractivity contribution in [3.63, 3.8) is 0 Å². The van der Waals surface area contributed by atoms with Crippen molar-refractivity contribution in [3.8, 4) is 11.5 Å². The Labute approximate surface area is 396 Å². The van der Waals surface area contributed by atoms with Gasteiger partial charge in [-0.3, -0.25) is 19.8 Å². The van der Waals surface area contributed by atoms with Crippen LogP contribution in [0.15, 0.2) is 83.4 Å². The summed E-state index contributed by atoms with van der Waals surface area (Å²) in [5.41, 5.74) is 10.8. The monoisotopic (exact) mass is 960 g/mol. The quantitative estimate of drug-likeness (QED) is 0.0805. The Hall–Kier alpha value is -4.97. The molecule has 1 aliphatic carbocycles. The van der Waals surface area contributed by atoms with Crippen LogP contribution >= 0.6 is 23.2 Å². The van der Waals surface area contributed by atoms with E-state index in [0.717, 1.165) is 75.2 Å². The molecule has 0 bridgehead atoms. The summed E-state index contributed by atoms with van der Waals surface area (Å²) in [6, 6.07) is 18.8. The van der Waals surface area contributed by atoms with Crippen LogP contribution in [0.25, 0.3) is 5.57 Å². The van der Waals surface area contributed by atoms with Gasteiger partial charge in [0.1, 0.15) is 23.0 Å². The zero-order chi connectivity index (χ0) is 46.6. The van der Waals surface area contributed by atoms with Gasteiger partial charge in [0, 0.05) is 87.4 Å². The number of nitrogens with two attached hydrogens (primary N) is 1. The number of halogens is 2. The lowest BCUT2D eigenvalue weighted by atomic mass is 9.65. The molecule has 4 aromatic rings. The van der Waals surface area contributed by atoms with Crippen molar-refractivity contribution in [1.82, 2.24) is 19.5 Å².